The van der Waals surface area contributed by atoms with E-state index >= 15 is 0 Å². The third-order valence-corrected chi connectivity index (χ3v) is 5.87. The number of phenolic OH excluding ortho intramolecular Hbond substituents is 1. The van der Waals surface area contributed by atoms with Crippen molar-refractivity contribution in [1.82, 2.24) is 19.7 Å². The maximum Gasteiger partial charge on any atom is 0.147 e. The molecule has 2 aromatic rings. The summed E-state index contributed by atoms with van der Waals surface area (Å²) in [6, 6.07) is 7.83. The zero-order valence-electron chi connectivity index (χ0n) is 16.5. The number of hydrogen-bond acceptors (Lipinski definition) is 7. The molecule has 1 aromatic heterocycles. The van der Waals surface area contributed by atoms with E-state index in [2.05, 4.69) is 24.6 Å². The van der Waals surface area contributed by atoms with Gasteiger partial charge in [0.05, 0.1) is 18.8 Å². The third kappa shape index (κ3) is 3.99. The van der Waals surface area contributed by atoms with Crippen LogP contribution in [-0.2, 0) is 17.8 Å². The van der Waals surface area contributed by atoms with Crippen LogP contribution in [0, 0.1) is 0 Å². The number of para-hydroxylation sites is 2. The van der Waals surface area contributed by atoms with Crippen LogP contribution in [0.2, 0.25) is 0 Å². The number of rotatable bonds is 7. The molecular weight excluding hydrogens is 356 g/mol. The van der Waals surface area contributed by atoms with Crippen molar-refractivity contribution in [2.75, 3.05) is 44.8 Å². The highest BCUT2D eigenvalue weighted by atomic mass is 16.5. The fraction of sp³-hybridized carbons (Fsp3) is 0.600. The number of aromatic hydroxyl groups is 1. The second kappa shape index (κ2) is 8.46. The van der Waals surface area contributed by atoms with Crippen LogP contribution >= 0.6 is 0 Å². The normalized spacial score (nSPS) is 23.0. The summed E-state index contributed by atoms with van der Waals surface area (Å²) in [5.41, 5.74) is 6.88. The van der Waals surface area contributed by atoms with Gasteiger partial charge in [0.1, 0.15) is 17.4 Å². The van der Waals surface area contributed by atoms with Crippen LogP contribution in [0.1, 0.15) is 30.4 Å². The number of piperazine rings is 1. The van der Waals surface area contributed by atoms with Gasteiger partial charge in [-0.2, -0.15) is 0 Å². The number of nitrogens with two attached hydrogens (primary N) is 1. The Kier molecular flexibility index (Phi) is 5.79. The highest BCUT2D eigenvalue weighted by molar-refractivity contribution is 5.57. The fourth-order valence-corrected chi connectivity index (χ4v) is 4.15. The number of anilines is 1. The van der Waals surface area contributed by atoms with Gasteiger partial charge in [-0.25, -0.2) is 0 Å². The molecule has 1 saturated heterocycles. The van der Waals surface area contributed by atoms with Gasteiger partial charge in [0.15, 0.2) is 0 Å². The molecular formula is C20H30N6O2. The summed E-state index contributed by atoms with van der Waals surface area (Å²) in [5, 5.41) is 19.1. The Morgan fingerprint density at radius 3 is 2.57 bits per heavy atom. The number of phenols is 1. The highest BCUT2D eigenvalue weighted by Gasteiger charge is 2.32. The van der Waals surface area contributed by atoms with Crippen molar-refractivity contribution in [2.45, 2.75) is 37.9 Å². The lowest BCUT2D eigenvalue weighted by atomic mass is 9.80. The van der Waals surface area contributed by atoms with Gasteiger partial charge in [0.25, 0.3) is 0 Å². The molecule has 0 amide bonds. The minimum Gasteiger partial charge on any atom is -0.506 e. The summed E-state index contributed by atoms with van der Waals surface area (Å²) in [6.07, 6.45) is 1.98. The number of aromatic nitrogens is 3. The van der Waals surface area contributed by atoms with E-state index in [9.17, 15) is 5.11 Å². The Morgan fingerprint density at radius 1 is 1.14 bits per heavy atom. The first-order valence-corrected chi connectivity index (χ1v) is 10.1. The first-order chi connectivity index (χ1) is 13.7. The maximum absolute atomic E-state index is 10.1. The molecule has 0 spiro atoms. The fourth-order valence-electron chi connectivity index (χ4n) is 4.15. The van der Waals surface area contributed by atoms with Crippen molar-refractivity contribution in [2.24, 2.45) is 5.73 Å². The molecule has 2 aliphatic rings. The molecule has 3 N–H and O–H groups in total. The second-order valence-corrected chi connectivity index (χ2v) is 7.80. The Bertz CT molecular complexity index is 781. The monoisotopic (exact) mass is 386 g/mol. The average Bonchev–Trinajstić information content (AvgIpc) is 3.07. The van der Waals surface area contributed by atoms with Gasteiger partial charge < -0.3 is 25.0 Å². The molecule has 8 nitrogen and oxygen atoms in total. The van der Waals surface area contributed by atoms with Crippen molar-refractivity contribution in [3.63, 3.8) is 0 Å². The number of ether oxygens (including phenoxy) is 1. The predicted molar refractivity (Wildman–Crippen MR) is 107 cm³/mol. The van der Waals surface area contributed by atoms with Gasteiger partial charge in [0.2, 0.25) is 0 Å². The number of benzene rings is 1. The van der Waals surface area contributed by atoms with E-state index in [1.165, 1.54) is 0 Å². The molecule has 8 heteroatoms. The minimum absolute atomic E-state index is 0.295. The molecule has 28 heavy (non-hydrogen) atoms. The van der Waals surface area contributed by atoms with Crippen LogP contribution in [0.4, 0.5) is 5.69 Å². The molecule has 152 valence electrons. The number of methoxy groups -OCH3 is 1. The van der Waals surface area contributed by atoms with Gasteiger partial charge in [-0.05, 0) is 25.0 Å². The van der Waals surface area contributed by atoms with Crippen LogP contribution in [0.15, 0.2) is 24.3 Å². The predicted octanol–water partition coefficient (Wildman–Crippen LogP) is 1.16. The first-order valence-electron chi connectivity index (χ1n) is 10.1. The Labute approximate surface area is 165 Å². The second-order valence-electron chi connectivity index (χ2n) is 7.80. The SMILES string of the molecule is COCCn1c(CN2CCN(c3ccccc3O)CC2)nnc1C1CC(N)C1. The molecule has 1 saturated carbocycles. The molecule has 1 aromatic carbocycles. The Balaban J connectivity index is 1.40. The lowest BCUT2D eigenvalue weighted by molar-refractivity contribution is 0.179. The minimum atomic E-state index is 0.295. The lowest BCUT2D eigenvalue weighted by Gasteiger charge is -2.36. The zero-order chi connectivity index (χ0) is 19.5. The molecule has 4 rings (SSSR count). The molecule has 1 aliphatic heterocycles. The molecule has 0 unspecified atom stereocenters. The van der Waals surface area contributed by atoms with Crippen molar-refractivity contribution < 1.29 is 9.84 Å². The number of hydrogen-bond donors (Lipinski definition) is 2. The maximum atomic E-state index is 10.1. The Hall–Kier alpha value is -2.16. The van der Waals surface area contributed by atoms with Gasteiger partial charge in [-0.3, -0.25) is 4.90 Å². The topological polar surface area (TPSA) is 92.7 Å². The van der Waals surface area contributed by atoms with Gasteiger partial charge >= 0.3 is 0 Å². The molecule has 2 heterocycles. The quantitative estimate of drug-likeness (QED) is 0.737. The van der Waals surface area contributed by atoms with Crippen molar-refractivity contribution in [3.8, 4) is 5.75 Å². The number of nitrogens with zero attached hydrogens (tertiary/aromatic N) is 5. The van der Waals surface area contributed by atoms with Crippen LogP contribution in [-0.4, -0.2) is 70.7 Å². The average molecular weight is 387 g/mol. The molecule has 0 bridgehead atoms. The van der Waals surface area contributed by atoms with Crippen LogP contribution in [0.3, 0.4) is 0 Å². The van der Waals surface area contributed by atoms with Gasteiger partial charge in [-0.15, -0.1) is 10.2 Å². The van der Waals surface area contributed by atoms with Crippen molar-refractivity contribution >= 4 is 5.69 Å². The smallest absolute Gasteiger partial charge is 0.147 e. The van der Waals surface area contributed by atoms with Crippen molar-refractivity contribution in [1.29, 1.82) is 0 Å². The van der Waals surface area contributed by atoms with E-state index in [1.54, 1.807) is 13.2 Å². The largest absolute Gasteiger partial charge is 0.506 e. The van der Waals surface area contributed by atoms with E-state index in [0.717, 1.165) is 69.4 Å². The van der Waals surface area contributed by atoms with Crippen LogP contribution in [0.25, 0.3) is 0 Å². The van der Waals surface area contributed by atoms with E-state index in [1.807, 2.05) is 18.2 Å². The van der Waals surface area contributed by atoms with Crippen LogP contribution in [0.5, 0.6) is 5.75 Å². The summed E-state index contributed by atoms with van der Waals surface area (Å²) in [5.74, 6) is 2.83. The zero-order valence-corrected chi connectivity index (χ0v) is 16.5. The third-order valence-electron chi connectivity index (χ3n) is 5.87. The molecule has 0 atom stereocenters. The van der Waals surface area contributed by atoms with Crippen molar-refractivity contribution in [3.05, 3.63) is 35.9 Å². The summed E-state index contributed by atoms with van der Waals surface area (Å²) >= 11 is 0. The van der Waals surface area contributed by atoms with E-state index in [0.29, 0.717) is 24.3 Å². The summed E-state index contributed by atoms with van der Waals surface area (Å²) in [6.45, 7) is 5.83. The van der Waals surface area contributed by atoms with E-state index < -0.39 is 0 Å². The molecule has 0 radical (unpaired) electrons. The van der Waals surface area contributed by atoms with Crippen LogP contribution < -0.4 is 10.6 Å². The van der Waals surface area contributed by atoms with Gasteiger partial charge in [-0.1, -0.05) is 12.1 Å². The Morgan fingerprint density at radius 2 is 1.89 bits per heavy atom. The van der Waals surface area contributed by atoms with Gasteiger partial charge in [0, 0.05) is 51.8 Å². The molecule has 1 aliphatic carbocycles. The summed E-state index contributed by atoms with van der Waals surface area (Å²) < 4.78 is 7.53. The van der Waals surface area contributed by atoms with E-state index in [-0.39, 0.29) is 0 Å². The first kappa shape index (κ1) is 19.2. The lowest BCUT2D eigenvalue weighted by Crippen LogP contribution is -2.46. The molecule has 2 fully saturated rings. The highest BCUT2D eigenvalue weighted by Crippen LogP contribution is 2.35. The summed E-state index contributed by atoms with van der Waals surface area (Å²) in [7, 11) is 1.72. The van der Waals surface area contributed by atoms with E-state index in [4.69, 9.17) is 10.5 Å². The summed E-state index contributed by atoms with van der Waals surface area (Å²) in [4.78, 5) is 4.64. The standard InChI is InChI=1S/C20H30N6O2/c1-28-11-10-26-19(22-23-20(26)15-12-16(21)13-15)14-24-6-8-25(9-7-24)17-4-2-3-5-18(17)27/h2-5,15-16,27H,6-14,21H2,1H3.